The van der Waals surface area contributed by atoms with Crippen LogP contribution in [0.1, 0.15) is 22.3 Å². The van der Waals surface area contributed by atoms with Crippen LogP contribution < -0.4 is 10.2 Å². The summed E-state index contributed by atoms with van der Waals surface area (Å²) in [6, 6.07) is 24.4. The van der Waals surface area contributed by atoms with Crippen molar-refractivity contribution >= 4 is 23.0 Å². The monoisotopic (exact) mass is 411 g/mol. The van der Waals surface area contributed by atoms with Gasteiger partial charge in [-0.1, -0.05) is 54.6 Å². The van der Waals surface area contributed by atoms with Gasteiger partial charge in [0, 0.05) is 29.2 Å². The van der Waals surface area contributed by atoms with Gasteiger partial charge in [0.15, 0.2) is 6.61 Å². The van der Waals surface area contributed by atoms with Crippen molar-refractivity contribution in [1.82, 2.24) is 9.99 Å². The molecule has 1 heterocycles. The maximum Gasteiger partial charge on any atom is 0.277 e. The smallest absolute Gasteiger partial charge is 0.277 e. The molecule has 5 heteroatoms. The van der Waals surface area contributed by atoms with Crippen molar-refractivity contribution in [2.24, 2.45) is 5.10 Å². The molecule has 5 nitrogen and oxygen atoms in total. The highest BCUT2D eigenvalue weighted by Gasteiger charge is 2.08. The molecule has 0 unspecified atom stereocenters. The van der Waals surface area contributed by atoms with E-state index in [4.69, 9.17) is 4.74 Å². The summed E-state index contributed by atoms with van der Waals surface area (Å²) in [6.07, 6.45) is 3.73. The molecule has 0 aliphatic rings. The van der Waals surface area contributed by atoms with Crippen LogP contribution in [-0.2, 0) is 11.3 Å². The average molecular weight is 412 g/mol. The van der Waals surface area contributed by atoms with Crippen LogP contribution in [0.25, 0.3) is 10.9 Å². The first-order chi connectivity index (χ1) is 15.1. The third-order valence-electron chi connectivity index (χ3n) is 4.97. The van der Waals surface area contributed by atoms with E-state index in [1.165, 1.54) is 5.56 Å². The van der Waals surface area contributed by atoms with E-state index in [0.29, 0.717) is 5.75 Å². The van der Waals surface area contributed by atoms with Crippen LogP contribution in [0.3, 0.4) is 0 Å². The third-order valence-corrected chi connectivity index (χ3v) is 4.97. The van der Waals surface area contributed by atoms with Crippen LogP contribution in [-0.4, -0.2) is 23.3 Å². The minimum atomic E-state index is -0.302. The number of carbonyl (C=O) groups excluding carboxylic acids is 1. The van der Waals surface area contributed by atoms with E-state index in [2.05, 4.69) is 51.6 Å². The molecule has 1 N–H and O–H groups in total. The number of nitrogens with zero attached hydrogens (tertiary/aromatic N) is 2. The van der Waals surface area contributed by atoms with Gasteiger partial charge in [0.25, 0.3) is 5.91 Å². The van der Waals surface area contributed by atoms with Crippen molar-refractivity contribution in [1.29, 1.82) is 0 Å². The van der Waals surface area contributed by atoms with E-state index in [-0.39, 0.29) is 12.5 Å². The number of amides is 1. The van der Waals surface area contributed by atoms with Gasteiger partial charge in [0.1, 0.15) is 5.75 Å². The number of benzene rings is 3. The van der Waals surface area contributed by atoms with Gasteiger partial charge >= 0.3 is 0 Å². The number of aryl methyl sites for hydroxylation is 2. The molecule has 3 aromatic carbocycles. The molecule has 4 rings (SSSR count). The van der Waals surface area contributed by atoms with Crippen LogP contribution in [0.5, 0.6) is 5.75 Å². The second-order valence-electron chi connectivity index (χ2n) is 7.62. The molecule has 1 aromatic heterocycles. The fraction of sp³-hybridized carbons (Fsp3) is 0.154. The molecule has 0 atom stereocenters. The van der Waals surface area contributed by atoms with Gasteiger partial charge in [-0.2, -0.15) is 5.10 Å². The normalized spacial score (nSPS) is 11.2. The molecule has 0 spiro atoms. The first-order valence-electron chi connectivity index (χ1n) is 10.2. The average Bonchev–Trinajstić information content (AvgIpc) is 3.10. The molecule has 0 bridgehead atoms. The molecule has 0 fully saturated rings. The standard InChI is InChI=1S/C26H25N3O2/c1-19-12-20(2)14-23(13-19)31-18-26(30)28-27-15-22-17-29(16-21-8-4-3-5-9-21)25-11-7-6-10-24(22)25/h3-15,17H,16,18H2,1-2H3,(H,28,30)/b27-15+. The Hall–Kier alpha value is -3.86. The quantitative estimate of drug-likeness (QED) is 0.350. The number of para-hydroxylation sites is 1. The Bertz CT molecular complexity index is 1210. The lowest BCUT2D eigenvalue weighted by Gasteiger charge is -2.07. The number of hydrogen-bond acceptors (Lipinski definition) is 3. The van der Waals surface area contributed by atoms with E-state index >= 15 is 0 Å². The van der Waals surface area contributed by atoms with Gasteiger partial charge < -0.3 is 9.30 Å². The molecule has 0 aliphatic carbocycles. The highest BCUT2D eigenvalue weighted by molar-refractivity contribution is 5.99. The van der Waals surface area contributed by atoms with Gasteiger partial charge in [-0.15, -0.1) is 0 Å². The van der Waals surface area contributed by atoms with Gasteiger partial charge in [-0.05, 0) is 48.7 Å². The minimum absolute atomic E-state index is 0.0873. The Morgan fingerprint density at radius 2 is 1.71 bits per heavy atom. The van der Waals surface area contributed by atoms with E-state index in [1.807, 2.05) is 56.3 Å². The van der Waals surface area contributed by atoms with Crippen LogP contribution in [0.2, 0.25) is 0 Å². The van der Waals surface area contributed by atoms with Crippen molar-refractivity contribution in [2.45, 2.75) is 20.4 Å². The van der Waals surface area contributed by atoms with Crippen LogP contribution in [0.4, 0.5) is 0 Å². The minimum Gasteiger partial charge on any atom is -0.484 e. The highest BCUT2D eigenvalue weighted by Crippen LogP contribution is 2.21. The molecule has 0 saturated heterocycles. The summed E-state index contributed by atoms with van der Waals surface area (Å²) >= 11 is 0. The highest BCUT2D eigenvalue weighted by atomic mass is 16.5. The Morgan fingerprint density at radius 3 is 2.48 bits per heavy atom. The van der Waals surface area contributed by atoms with Crippen LogP contribution in [0, 0.1) is 13.8 Å². The number of hydrazone groups is 1. The zero-order valence-electron chi connectivity index (χ0n) is 17.7. The summed E-state index contributed by atoms with van der Waals surface area (Å²) in [6.45, 7) is 4.68. The summed E-state index contributed by atoms with van der Waals surface area (Å²) in [5.74, 6) is 0.379. The molecule has 156 valence electrons. The number of rotatable bonds is 7. The second-order valence-corrected chi connectivity index (χ2v) is 7.62. The zero-order chi connectivity index (χ0) is 21.6. The summed E-state index contributed by atoms with van der Waals surface area (Å²) in [4.78, 5) is 12.1. The third kappa shape index (κ3) is 5.20. The molecule has 0 radical (unpaired) electrons. The van der Waals surface area contributed by atoms with Crippen molar-refractivity contribution in [3.05, 3.63) is 101 Å². The summed E-state index contributed by atoms with van der Waals surface area (Å²) in [5.41, 5.74) is 8.04. The van der Waals surface area contributed by atoms with Crippen LogP contribution in [0.15, 0.2) is 84.1 Å². The van der Waals surface area contributed by atoms with Crippen LogP contribution >= 0.6 is 0 Å². The summed E-state index contributed by atoms with van der Waals surface area (Å²) in [7, 11) is 0. The van der Waals surface area contributed by atoms with Gasteiger partial charge in [0.2, 0.25) is 0 Å². The molecule has 0 aliphatic heterocycles. The number of ether oxygens (including phenoxy) is 1. The van der Waals surface area contributed by atoms with Gasteiger partial charge in [0.05, 0.1) is 6.21 Å². The Kier molecular flexibility index (Phi) is 6.13. The fourth-order valence-corrected chi connectivity index (χ4v) is 3.66. The van der Waals surface area contributed by atoms with E-state index < -0.39 is 0 Å². The van der Waals surface area contributed by atoms with Crippen molar-refractivity contribution in [3.8, 4) is 5.75 Å². The van der Waals surface area contributed by atoms with Gasteiger partial charge in [-0.3, -0.25) is 4.79 Å². The summed E-state index contributed by atoms with van der Waals surface area (Å²) < 4.78 is 7.77. The topological polar surface area (TPSA) is 55.6 Å². The Labute approximate surface area is 182 Å². The number of carbonyl (C=O) groups is 1. The molecular formula is C26H25N3O2. The maximum absolute atomic E-state index is 12.1. The van der Waals surface area contributed by atoms with Crippen molar-refractivity contribution < 1.29 is 9.53 Å². The van der Waals surface area contributed by atoms with Gasteiger partial charge in [-0.25, -0.2) is 5.43 Å². The lowest BCUT2D eigenvalue weighted by molar-refractivity contribution is -0.123. The predicted molar refractivity (Wildman–Crippen MR) is 125 cm³/mol. The van der Waals surface area contributed by atoms with E-state index in [0.717, 1.165) is 34.1 Å². The SMILES string of the molecule is Cc1cc(C)cc(OCC(=O)N/N=C/c2cn(Cc3ccccc3)c3ccccc23)c1. The van der Waals surface area contributed by atoms with Crippen molar-refractivity contribution in [3.63, 3.8) is 0 Å². The summed E-state index contributed by atoms with van der Waals surface area (Å²) in [5, 5.41) is 5.23. The molecule has 4 aromatic rings. The first kappa shape index (κ1) is 20.4. The maximum atomic E-state index is 12.1. The predicted octanol–water partition coefficient (Wildman–Crippen LogP) is 4.84. The number of aromatic nitrogens is 1. The zero-order valence-corrected chi connectivity index (χ0v) is 17.7. The largest absolute Gasteiger partial charge is 0.484 e. The second kappa shape index (κ2) is 9.30. The van der Waals surface area contributed by atoms with Crippen molar-refractivity contribution in [2.75, 3.05) is 6.61 Å². The first-order valence-corrected chi connectivity index (χ1v) is 10.2. The molecule has 1 amide bonds. The Balaban J connectivity index is 1.42. The lowest BCUT2D eigenvalue weighted by atomic mass is 10.1. The molecular weight excluding hydrogens is 386 g/mol. The molecule has 31 heavy (non-hydrogen) atoms. The number of nitrogens with one attached hydrogen (secondary N) is 1. The Morgan fingerprint density at radius 1 is 1.00 bits per heavy atom. The number of hydrogen-bond donors (Lipinski definition) is 1. The van der Waals surface area contributed by atoms with E-state index in [1.54, 1.807) is 6.21 Å². The number of fused-ring (bicyclic) bond motifs is 1. The van der Waals surface area contributed by atoms with E-state index in [9.17, 15) is 4.79 Å². The lowest BCUT2D eigenvalue weighted by Crippen LogP contribution is -2.24. The fourth-order valence-electron chi connectivity index (χ4n) is 3.66. The molecule has 0 saturated carbocycles.